The van der Waals surface area contributed by atoms with Gasteiger partial charge in [-0.05, 0) is 97.2 Å². The Hall–Kier alpha value is -6.96. The Bertz CT molecular complexity index is 2710. The van der Waals surface area contributed by atoms with Gasteiger partial charge in [-0.3, -0.25) is 0 Å². The molecule has 0 spiro atoms. The maximum Gasteiger partial charge on any atom is 0.0714 e. The third-order valence-corrected chi connectivity index (χ3v) is 11.1. The Morgan fingerprint density at radius 1 is 0.315 bits per heavy atom. The van der Waals surface area contributed by atoms with Gasteiger partial charge in [0.2, 0.25) is 0 Å². The van der Waals surface area contributed by atoms with Gasteiger partial charge < -0.3 is 4.90 Å². The van der Waals surface area contributed by atoms with E-state index < -0.39 is 5.41 Å². The van der Waals surface area contributed by atoms with Crippen molar-refractivity contribution in [2.75, 3.05) is 4.90 Å². The predicted octanol–water partition coefficient (Wildman–Crippen LogP) is 14.0. The molecule has 0 fully saturated rings. The number of benzene rings is 9. The number of hydrogen-bond acceptors (Lipinski definition) is 1. The Morgan fingerprint density at radius 2 is 0.833 bits per heavy atom. The van der Waals surface area contributed by atoms with Gasteiger partial charge >= 0.3 is 0 Å². The summed E-state index contributed by atoms with van der Waals surface area (Å²) in [5, 5.41) is 2.52. The summed E-state index contributed by atoms with van der Waals surface area (Å²) in [7, 11) is 0. The Morgan fingerprint density at radius 3 is 1.54 bits per heavy atom. The van der Waals surface area contributed by atoms with E-state index >= 15 is 0 Å². The monoisotopic (exact) mass is 687 g/mol. The molecule has 9 aromatic carbocycles. The van der Waals surface area contributed by atoms with Gasteiger partial charge in [0.1, 0.15) is 0 Å². The van der Waals surface area contributed by atoms with Crippen LogP contribution in [0.3, 0.4) is 0 Å². The minimum absolute atomic E-state index is 0.471. The van der Waals surface area contributed by atoms with E-state index in [0.29, 0.717) is 0 Å². The molecule has 0 unspecified atom stereocenters. The lowest BCUT2D eigenvalue weighted by Gasteiger charge is -2.34. The van der Waals surface area contributed by atoms with Crippen LogP contribution in [0.15, 0.2) is 224 Å². The predicted molar refractivity (Wildman–Crippen MR) is 227 cm³/mol. The van der Waals surface area contributed by atoms with Crippen molar-refractivity contribution >= 4 is 27.8 Å². The van der Waals surface area contributed by atoms with Crippen LogP contribution in [0.1, 0.15) is 22.3 Å². The fraction of sp³-hybridized carbons (Fsp3) is 0.0189. The highest BCUT2D eigenvalue weighted by molar-refractivity contribution is 5.97. The van der Waals surface area contributed by atoms with Crippen molar-refractivity contribution in [1.29, 1.82) is 0 Å². The average molecular weight is 688 g/mol. The zero-order chi connectivity index (χ0) is 35.9. The Labute approximate surface area is 317 Å². The van der Waals surface area contributed by atoms with Crippen molar-refractivity contribution in [2.45, 2.75) is 5.41 Å². The highest BCUT2D eigenvalue weighted by atomic mass is 15.1. The van der Waals surface area contributed by atoms with Crippen molar-refractivity contribution in [2.24, 2.45) is 0 Å². The van der Waals surface area contributed by atoms with Gasteiger partial charge in [-0.25, -0.2) is 0 Å². The van der Waals surface area contributed by atoms with Crippen molar-refractivity contribution < 1.29 is 0 Å². The van der Waals surface area contributed by atoms with Crippen molar-refractivity contribution in [3.05, 3.63) is 247 Å². The molecule has 1 aliphatic carbocycles. The first-order chi connectivity index (χ1) is 26.8. The van der Waals surface area contributed by atoms with Crippen LogP contribution in [-0.2, 0) is 5.41 Å². The molecular formula is C53H37N. The molecule has 1 nitrogen and oxygen atoms in total. The number of para-hydroxylation sites is 1. The molecular weight excluding hydrogens is 651 g/mol. The van der Waals surface area contributed by atoms with Crippen molar-refractivity contribution in [3.63, 3.8) is 0 Å². The molecule has 0 aliphatic heterocycles. The van der Waals surface area contributed by atoms with Crippen LogP contribution in [0.2, 0.25) is 0 Å². The summed E-state index contributed by atoms with van der Waals surface area (Å²) in [6.07, 6.45) is 0. The van der Waals surface area contributed by atoms with Gasteiger partial charge in [-0.15, -0.1) is 0 Å². The van der Waals surface area contributed by atoms with Gasteiger partial charge in [0.05, 0.1) is 11.1 Å². The minimum atomic E-state index is -0.471. The molecule has 1 heteroatoms. The van der Waals surface area contributed by atoms with E-state index in [1.807, 2.05) is 0 Å². The van der Waals surface area contributed by atoms with Gasteiger partial charge in [0, 0.05) is 16.9 Å². The molecule has 0 N–H and O–H groups in total. The lowest BCUT2D eigenvalue weighted by Crippen LogP contribution is -2.28. The fourth-order valence-corrected chi connectivity index (χ4v) is 8.71. The molecule has 0 radical (unpaired) electrons. The third kappa shape index (κ3) is 5.17. The average Bonchev–Trinajstić information content (AvgIpc) is 3.56. The largest absolute Gasteiger partial charge is 0.310 e. The summed E-state index contributed by atoms with van der Waals surface area (Å²) in [4.78, 5) is 2.44. The molecule has 0 bridgehead atoms. The minimum Gasteiger partial charge on any atom is -0.310 e. The van der Waals surface area contributed by atoms with E-state index in [1.165, 1.54) is 66.4 Å². The first-order valence-corrected chi connectivity index (χ1v) is 18.7. The highest BCUT2D eigenvalue weighted by Crippen LogP contribution is 2.59. The molecule has 0 saturated carbocycles. The summed E-state index contributed by atoms with van der Waals surface area (Å²) >= 11 is 0. The smallest absolute Gasteiger partial charge is 0.0714 e. The van der Waals surface area contributed by atoms with Crippen LogP contribution in [0.4, 0.5) is 17.1 Å². The second-order valence-electron chi connectivity index (χ2n) is 14.1. The molecule has 54 heavy (non-hydrogen) atoms. The first kappa shape index (κ1) is 31.7. The normalized spacial score (nSPS) is 12.6. The maximum absolute atomic E-state index is 2.44. The van der Waals surface area contributed by atoms with Gasteiger partial charge in [0.25, 0.3) is 0 Å². The van der Waals surface area contributed by atoms with E-state index in [1.54, 1.807) is 0 Å². The van der Waals surface area contributed by atoms with Crippen molar-refractivity contribution in [3.8, 4) is 33.4 Å². The van der Waals surface area contributed by atoms with Crippen LogP contribution in [0, 0.1) is 0 Å². The molecule has 0 amide bonds. The summed E-state index contributed by atoms with van der Waals surface area (Å²) in [5.74, 6) is 0. The molecule has 254 valence electrons. The van der Waals surface area contributed by atoms with Crippen molar-refractivity contribution in [1.82, 2.24) is 0 Å². The van der Waals surface area contributed by atoms with Gasteiger partial charge in [-0.1, -0.05) is 188 Å². The van der Waals surface area contributed by atoms with E-state index in [9.17, 15) is 0 Å². The number of anilines is 3. The summed E-state index contributed by atoms with van der Waals surface area (Å²) in [6.45, 7) is 0. The standard InChI is InChI=1S/C53H37N/c1-4-19-44(20-5-1)53(45-21-6-2-7-22-45)49-27-13-12-26-48(49)52-50(53)28-15-29-51(52)54(46-23-8-3-9-24-46)47-25-14-18-42(37-47)39-30-32-40(33-31-39)43-35-34-38-16-10-11-17-41(38)36-43/h1-37H. The van der Waals surface area contributed by atoms with E-state index in [-0.39, 0.29) is 0 Å². The zero-order valence-electron chi connectivity index (χ0n) is 29.8. The molecule has 0 heterocycles. The second-order valence-corrected chi connectivity index (χ2v) is 14.1. The molecule has 0 saturated heterocycles. The first-order valence-electron chi connectivity index (χ1n) is 18.7. The Balaban J connectivity index is 1.13. The SMILES string of the molecule is c1ccc(N(c2cccc(-c3ccc(-c4ccc5ccccc5c4)cc3)c2)c2cccc3c2-c2ccccc2C3(c2ccccc2)c2ccccc2)cc1. The second kappa shape index (κ2) is 13.2. The quantitative estimate of drug-likeness (QED) is 0.161. The van der Waals surface area contributed by atoms with Crippen LogP contribution in [-0.4, -0.2) is 0 Å². The van der Waals surface area contributed by atoms with Gasteiger partial charge in [-0.2, -0.15) is 0 Å². The number of rotatable bonds is 7. The van der Waals surface area contributed by atoms with E-state index in [4.69, 9.17) is 0 Å². The lowest BCUT2D eigenvalue weighted by molar-refractivity contribution is 0.768. The van der Waals surface area contributed by atoms with Crippen LogP contribution in [0.25, 0.3) is 44.2 Å². The Kier molecular flexibility index (Phi) is 7.78. The van der Waals surface area contributed by atoms with E-state index in [0.717, 1.165) is 17.1 Å². The topological polar surface area (TPSA) is 3.24 Å². The third-order valence-electron chi connectivity index (χ3n) is 11.1. The molecule has 0 atom stereocenters. The summed E-state index contributed by atoms with van der Waals surface area (Å²) in [6, 6.07) is 81.9. The van der Waals surface area contributed by atoms with Crippen LogP contribution >= 0.6 is 0 Å². The number of hydrogen-bond donors (Lipinski definition) is 0. The molecule has 1 aliphatic rings. The molecule has 0 aromatic heterocycles. The van der Waals surface area contributed by atoms with Crippen LogP contribution < -0.4 is 4.90 Å². The highest BCUT2D eigenvalue weighted by Gasteiger charge is 2.47. The molecule has 9 aromatic rings. The summed E-state index contributed by atoms with van der Waals surface area (Å²) < 4.78 is 0. The number of fused-ring (bicyclic) bond motifs is 4. The lowest BCUT2D eigenvalue weighted by atomic mass is 9.68. The molecule has 10 rings (SSSR count). The maximum atomic E-state index is 2.44. The number of nitrogens with zero attached hydrogens (tertiary/aromatic N) is 1. The van der Waals surface area contributed by atoms with Gasteiger partial charge in [0.15, 0.2) is 0 Å². The fourth-order valence-electron chi connectivity index (χ4n) is 8.71. The van der Waals surface area contributed by atoms with E-state index in [2.05, 4.69) is 229 Å². The zero-order valence-corrected chi connectivity index (χ0v) is 29.8. The summed E-state index contributed by atoms with van der Waals surface area (Å²) in [5.41, 5.74) is 15.4. The van der Waals surface area contributed by atoms with Crippen LogP contribution in [0.5, 0.6) is 0 Å².